The highest BCUT2D eigenvalue weighted by atomic mass is 16.5. The van der Waals surface area contributed by atoms with Crippen molar-refractivity contribution in [2.24, 2.45) is 0 Å². The predicted octanol–water partition coefficient (Wildman–Crippen LogP) is 3.85. The maximum absolute atomic E-state index is 12.8. The van der Waals surface area contributed by atoms with Crippen molar-refractivity contribution in [2.45, 2.75) is 0 Å². The predicted molar refractivity (Wildman–Crippen MR) is 124 cm³/mol. The van der Waals surface area contributed by atoms with Gasteiger partial charge in [0.2, 0.25) is 5.75 Å². The first-order valence-electron chi connectivity index (χ1n) is 10.00. The van der Waals surface area contributed by atoms with Crippen LogP contribution in [0, 0.1) is 0 Å². The van der Waals surface area contributed by atoms with E-state index < -0.39 is 0 Å². The number of rotatable bonds is 7. The summed E-state index contributed by atoms with van der Waals surface area (Å²) in [5.74, 6) is 0.108. The molecular weight excluding hydrogens is 422 g/mol. The van der Waals surface area contributed by atoms with Gasteiger partial charge in [0.05, 0.1) is 25.6 Å². The summed E-state index contributed by atoms with van der Waals surface area (Å²) in [6, 6.07) is 13.6. The Bertz CT molecular complexity index is 1360. The molecule has 4 aromatic rings. The Kier molecular flexibility index (Phi) is 6.08. The minimum Gasteiger partial charge on any atom is -0.502 e. The van der Waals surface area contributed by atoms with E-state index in [9.17, 15) is 14.7 Å². The number of nitrogens with zero attached hydrogens (tertiary/aromatic N) is 2. The molecule has 0 atom stereocenters. The molecule has 0 aliphatic rings. The molecule has 0 saturated carbocycles. The molecule has 2 aromatic heterocycles. The molecule has 2 aromatic carbocycles. The van der Waals surface area contributed by atoms with E-state index in [0.29, 0.717) is 22.5 Å². The monoisotopic (exact) mass is 443 g/mol. The first-order valence-corrected chi connectivity index (χ1v) is 10.00. The van der Waals surface area contributed by atoms with Gasteiger partial charge in [-0.3, -0.25) is 14.3 Å². The van der Waals surface area contributed by atoms with E-state index in [1.165, 1.54) is 24.9 Å². The molecule has 33 heavy (non-hydrogen) atoms. The van der Waals surface area contributed by atoms with Crippen LogP contribution in [-0.2, 0) is 0 Å². The third-order valence-electron chi connectivity index (χ3n) is 5.03. The van der Waals surface area contributed by atoms with Crippen LogP contribution in [0.2, 0.25) is 0 Å². The number of allylic oxidation sites excluding steroid dienone is 1. The molecule has 166 valence electrons. The van der Waals surface area contributed by atoms with Gasteiger partial charge < -0.3 is 19.6 Å². The van der Waals surface area contributed by atoms with Crippen molar-refractivity contribution >= 4 is 11.9 Å². The Balaban J connectivity index is 1.61. The van der Waals surface area contributed by atoms with Gasteiger partial charge in [-0.25, -0.2) is 4.79 Å². The zero-order valence-electron chi connectivity index (χ0n) is 18.0. The number of H-pyrrole nitrogens is 1. The lowest BCUT2D eigenvalue weighted by atomic mass is 10.1. The van der Waals surface area contributed by atoms with Crippen LogP contribution in [0.3, 0.4) is 0 Å². The summed E-state index contributed by atoms with van der Waals surface area (Å²) in [5, 5.41) is 10.0. The summed E-state index contributed by atoms with van der Waals surface area (Å²) in [6.45, 7) is 0. The third-order valence-corrected chi connectivity index (χ3v) is 5.03. The highest BCUT2D eigenvalue weighted by molar-refractivity contribution is 6.07. The van der Waals surface area contributed by atoms with Crippen LogP contribution >= 0.6 is 0 Å². The van der Waals surface area contributed by atoms with Crippen LogP contribution in [0.5, 0.6) is 17.2 Å². The van der Waals surface area contributed by atoms with Crippen LogP contribution in [0.15, 0.2) is 78.0 Å². The number of ether oxygens (including phenoxy) is 2. The summed E-state index contributed by atoms with van der Waals surface area (Å²) in [4.78, 5) is 32.2. The largest absolute Gasteiger partial charge is 0.502 e. The second-order valence-corrected chi connectivity index (χ2v) is 7.11. The first-order chi connectivity index (χ1) is 16.0. The Hall–Kier alpha value is -4.59. The molecular formula is C25H21N3O5. The number of ketones is 1. The van der Waals surface area contributed by atoms with E-state index in [0.717, 1.165) is 5.56 Å². The van der Waals surface area contributed by atoms with Crippen LogP contribution in [-0.4, -0.2) is 39.6 Å². The second kappa shape index (κ2) is 9.27. The second-order valence-electron chi connectivity index (χ2n) is 7.11. The van der Waals surface area contributed by atoms with E-state index >= 15 is 0 Å². The smallest absolute Gasteiger partial charge is 0.330 e. The number of carbonyl (C=O) groups excluding carboxylic acids is 1. The van der Waals surface area contributed by atoms with Gasteiger partial charge in [-0.1, -0.05) is 18.2 Å². The molecule has 0 unspecified atom stereocenters. The fraction of sp³-hybridized carbons (Fsp3) is 0.0800. The molecule has 0 saturated heterocycles. The van der Waals surface area contributed by atoms with Gasteiger partial charge in [0, 0.05) is 29.7 Å². The fourth-order valence-corrected chi connectivity index (χ4v) is 3.34. The van der Waals surface area contributed by atoms with E-state index in [-0.39, 0.29) is 28.7 Å². The number of aromatic hydroxyl groups is 1. The molecule has 0 aliphatic heterocycles. The minimum absolute atomic E-state index is 0.112. The molecule has 4 rings (SSSR count). The highest BCUT2D eigenvalue weighted by Gasteiger charge is 2.12. The molecule has 0 amide bonds. The highest BCUT2D eigenvalue weighted by Crippen LogP contribution is 2.37. The van der Waals surface area contributed by atoms with E-state index in [1.807, 2.05) is 6.07 Å². The Morgan fingerprint density at radius 1 is 1.09 bits per heavy atom. The standard InChI is InChI=1S/C25H21N3O5/c1-32-22-11-16(12-23(33-2)24(22)30)8-9-21(29)17-5-3-7-19(13-17)28-15-20(27-25(28)31)18-6-4-10-26-14-18/h3-15,30H,1-2H3,(H,27,31). The minimum atomic E-state index is -0.322. The number of aromatic amines is 1. The molecule has 0 aliphatic carbocycles. The number of phenolic OH excluding ortho intramolecular Hbond substituents is 1. The fourth-order valence-electron chi connectivity index (χ4n) is 3.34. The molecule has 2 N–H and O–H groups in total. The number of nitrogens with one attached hydrogen (secondary N) is 1. The summed E-state index contributed by atoms with van der Waals surface area (Å²) in [6.07, 6.45) is 8.00. The van der Waals surface area contributed by atoms with Crippen molar-refractivity contribution in [1.82, 2.24) is 14.5 Å². The van der Waals surface area contributed by atoms with Crippen LogP contribution in [0.4, 0.5) is 0 Å². The van der Waals surface area contributed by atoms with Crippen LogP contribution in [0.25, 0.3) is 23.0 Å². The van der Waals surface area contributed by atoms with Gasteiger partial charge in [0.15, 0.2) is 17.3 Å². The van der Waals surface area contributed by atoms with Crippen LogP contribution < -0.4 is 15.2 Å². The first kappa shape index (κ1) is 21.6. The normalized spacial score (nSPS) is 11.0. The van der Waals surface area contributed by atoms with E-state index in [4.69, 9.17) is 9.47 Å². The number of carbonyl (C=O) groups is 1. The maximum Gasteiger partial charge on any atom is 0.330 e. The third kappa shape index (κ3) is 4.54. The van der Waals surface area contributed by atoms with Crippen molar-refractivity contribution in [3.05, 3.63) is 94.8 Å². The molecule has 8 heteroatoms. The van der Waals surface area contributed by atoms with Crippen molar-refractivity contribution in [2.75, 3.05) is 14.2 Å². The van der Waals surface area contributed by atoms with Gasteiger partial charge in [0.25, 0.3) is 0 Å². The van der Waals surface area contributed by atoms with Crippen molar-refractivity contribution in [3.63, 3.8) is 0 Å². The molecule has 2 heterocycles. The summed E-state index contributed by atoms with van der Waals surface area (Å²) < 4.78 is 11.7. The topological polar surface area (TPSA) is 106 Å². The number of imidazole rings is 1. The number of benzene rings is 2. The van der Waals surface area contributed by atoms with Gasteiger partial charge in [-0.05, 0) is 48.0 Å². The van der Waals surface area contributed by atoms with E-state index in [1.54, 1.807) is 67.1 Å². The lowest BCUT2D eigenvalue weighted by Gasteiger charge is -2.09. The molecule has 0 fully saturated rings. The Morgan fingerprint density at radius 2 is 1.85 bits per heavy atom. The SMILES string of the molecule is COc1cc(C=CC(=O)c2cccc(-n3cc(-c4cccnc4)[nH]c3=O)c2)cc(OC)c1O. The molecule has 0 bridgehead atoms. The van der Waals surface area contributed by atoms with Crippen molar-refractivity contribution in [3.8, 4) is 34.2 Å². The van der Waals surface area contributed by atoms with Crippen molar-refractivity contribution in [1.29, 1.82) is 0 Å². The summed E-state index contributed by atoms with van der Waals surface area (Å²) in [5.41, 5.74) is 2.67. The molecule has 8 nitrogen and oxygen atoms in total. The Morgan fingerprint density at radius 3 is 2.52 bits per heavy atom. The molecule has 0 radical (unpaired) electrons. The van der Waals surface area contributed by atoms with Gasteiger partial charge in [-0.15, -0.1) is 0 Å². The summed E-state index contributed by atoms with van der Waals surface area (Å²) in [7, 11) is 2.86. The van der Waals surface area contributed by atoms with Gasteiger partial charge in [-0.2, -0.15) is 0 Å². The number of hydrogen-bond donors (Lipinski definition) is 2. The quantitative estimate of drug-likeness (QED) is 0.332. The van der Waals surface area contributed by atoms with Gasteiger partial charge in [0.1, 0.15) is 0 Å². The molecule has 0 spiro atoms. The average molecular weight is 443 g/mol. The zero-order chi connectivity index (χ0) is 23.4. The number of aromatic nitrogens is 3. The summed E-state index contributed by atoms with van der Waals surface area (Å²) >= 11 is 0. The lowest BCUT2D eigenvalue weighted by molar-refractivity contribution is 0.104. The number of methoxy groups -OCH3 is 2. The maximum atomic E-state index is 12.8. The zero-order valence-corrected chi connectivity index (χ0v) is 18.0. The number of pyridine rings is 1. The van der Waals surface area contributed by atoms with Crippen molar-refractivity contribution < 1.29 is 19.4 Å². The average Bonchev–Trinajstić information content (AvgIpc) is 3.25. The van der Waals surface area contributed by atoms with Gasteiger partial charge >= 0.3 is 5.69 Å². The lowest BCUT2D eigenvalue weighted by Crippen LogP contribution is -2.14. The van der Waals surface area contributed by atoms with Crippen LogP contribution in [0.1, 0.15) is 15.9 Å². The van der Waals surface area contributed by atoms with E-state index in [2.05, 4.69) is 9.97 Å². The number of hydrogen-bond acceptors (Lipinski definition) is 6. The Labute approximate surface area is 189 Å². The number of phenols is 1.